The lowest BCUT2D eigenvalue weighted by Gasteiger charge is -2.26. The molecule has 13 rings (SSSR count). The van der Waals surface area contributed by atoms with Gasteiger partial charge in [-0.15, -0.1) is 0 Å². The Morgan fingerprint density at radius 2 is 0.662 bits per heavy atom. The first-order valence-corrected chi connectivity index (χ1v) is 23.3. The quantitative estimate of drug-likeness (QED) is 0.142. The van der Waals surface area contributed by atoms with Gasteiger partial charge in [-0.3, -0.25) is 0 Å². The molecule has 0 spiro atoms. The van der Waals surface area contributed by atoms with E-state index in [0.29, 0.717) is 0 Å². The molecule has 0 fully saturated rings. The lowest BCUT2D eigenvalue weighted by Crippen LogP contribution is -2.09. The van der Waals surface area contributed by atoms with Crippen LogP contribution < -0.4 is 4.90 Å². The summed E-state index contributed by atoms with van der Waals surface area (Å²) in [6.07, 6.45) is 0. The highest BCUT2D eigenvalue weighted by Gasteiger charge is 2.19. The average Bonchev–Trinajstić information content (AvgIpc) is 3.81. The van der Waals surface area contributed by atoms with Crippen molar-refractivity contribution in [3.8, 4) is 55.8 Å². The Bertz CT molecular complexity index is 4000. The Morgan fingerprint density at radius 1 is 0.235 bits per heavy atom. The third-order valence-electron chi connectivity index (χ3n) is 13.7. The predicted molar refractivity (Wildman–Crippen MR) is 288 cm³/mol. The van der Waals surface area contributed by atoms with Crippen LogP contribution in [-0.4, -0.2) is 0 Å². The minimum absolute atomic E-state index is 0.886. The van der Waals surface area contributed by atoms with Crippen LogP contribution in [-0.2, 0) is 0 Å². The molecular weight excluding hydrogens is 823 g/mol. The summed E-state index contributed by atoms with van der Waals surface area (Å²) in [4.78, 5) is 2.37. The average molecular weight is 866 g/mol. The zero-order chi connectivity index (χ0) is 45.0. The van der Waals surface area contributed by atoms with Crippen LogP contribution in [0.3, 0.4) is 0 Å². The summed E-state index contributed by atoms with van der Waals surface area (Å²) in [5, 5.41) is 11.2. The number of hydrogen-bond acceptors (Lipinski definition) is 2. The predicted octanol–water partition coefficient (Wildman–Crippen LogP) is 18.9. The van der Waals surface area contributed by atoms with E-state index in [-0.39, 0.29) is 0 Å². The van der Waals surface area contributed by atoms with Crippen molar-refractivity contribution >= 4 is 71.1 Å². The van der Waals surface area contributed by atoms with Gasteiger partial charge in [-0.1, -0.05) is 206 Å². The summed E-state index contributed by atoms with van der Waals surface area (Å²) < 4.78 is 6.57. The number of fused-ring (bicyclic) bond motifs is 7. The molecule has 1 aromatic heterocycles. The Morgan fingerprint density at radius 3 is 1.31 bits per heavy atom. The summed E-state index contributed by atoms with van der Waals surface area (Å²) >= 11 is 0. The maximum absolute atomic E-state index is 6.57. The fourth-order valence-electron chi connectivity index (χ4n) is 10.2. The first kappa shape index (κ1) is 39.4. The second-order valence-corrected chi connectivity index (χ2v) is 17.7. The maximum Gasteiger partial charge on any atom is 0.143 e. The standard InChI is InChI=1S/C66H43NO/c1-2-13-50(14-3-1)65-63-19-8-9-20-64(63)68-66(65)55-16-10-15-51(42-55)46-23-21-44(22-24-46)45-29-34-56(35-30-45)67(58-38-40-62-54(43-58)28-26-49-12-5-7-18-60(49)62)57-36-31-47(32-37-57)52-33-39-61-53(41-52)27-25-48-11-4-6-17-59(48)61/h1-43H. The van der Waals surface area contributed by atoms with Crippen LogP contribution in [0, 0.1) is 0 Å². The molecule has 0 unspecified atom stereocenters. The molecule has 0 N–H and O–H groups in total. The van der Waals surface area contributed by atoms with E-state index in [1.807, 2.05) is 12.1 Å². The molecule has 0 aliphatic carbocycles. The van der Waals surface area contributed by atoms with Crippen LogP contribution in [0.25, 0.3) is 110 Å². The molecule has 12 aromatic carbocycles. The molecule has 318 valence electrons. The lowest BCUT2D eigenvalue weighted by atomic mass is 9.95. The second kappa shape index (κ2) is 16.5. The van der Waals surface area contributed by atoms with E-state index >= 15 is 0 Å². The SMILES string of the molecule is c1ccc(-c2c(-c3cccc(-c4ccc(-c5ccc(N(c6ccc(-c7ccc8c(ccc9ccccc98)c7)cc6)c6ccc7c(ccc8ccccc87)c6)cc5)cc4)c3)oc3ccccc23)cc1. The Labute approximate surface area is 395 Å². The number of hydrogen-bond donors (Lipinski definition) is 0. The topological polar surface area (TPSA) is 16.4 Å². The van der Waals surface area contributed by atoms with Crippen molar-refractivity contribution in [1.82, 2.24) is 0 Å². The van der Waals surface area contributed by atoms with Crippen LogP contribution in [0.4, 0.5) is 17.1 Å². The molecule has 0 aliphatic rings. The van der Waals surface area contributed by atoms with E-state index in [1.165, 1.54) is 54.2 Å². The number of nitrogens with zero attached hydrogens (tertiary/aromatic N) is 1. The minimum Gasteiger partial charge on any atom is -0.455 e. The molecule has 0 saturated heterocycles. The van der Waals surface area contributed by atoms with E-state index in [4.69, 9.17) is 4.42 Å². The van der Waals surface area contributed by atoms with Gasteiger partial charge in [0.2, 0.25) is 0 Å². The van der Waals surface area contributed by atoms with Gasteiger partial charge in [-0.25, -0.2) is 0 Å². The number of anilines is 3. The first-order valence-electron chi connectivity index (χ1n) is 23.3. The van der Waals surface area contributed by atoms with Crippen LogP contribution in [0.5, 0.6) is 0 Å². The van der Waals surface area contributed by atoms with Gasteiger partial charge >= 0.3 is 0 Å². The van der Waals surface area contributed by atoms with E-state index in [1.54, 1.807) is 0 Å². The van der Waals surface area contributed by atoms with Crippen molar-refractivity contribution in [3.05, 3.63) is 261 Å². The van der Waals surface area contributed by atoms with Crippen molar-refractivity contribution in [1.29, 1.82) is 0 Å². The summed E-state index contributed by atoms with van der Waals surface area (Å²) in [5.74, 6) is 0.886. The third kappa shape index (κ3) is 6.99. The second-order valence-electron chi connectivity index (χ2n) is 17.7. The van der Waals surface area contributed by atoms with Gasteiger partial charge in [-0.2, -0.15) is 0 Å². The minimum atomic E-state index is 0.886. The molecule has 2 nitrogen and oxygen atoms in total. The third-order valence-corrected chi connectivity index (χ3v) is 13.7. The van der Waals surface area contributed by atoms with Gasteiger partial charge < -0.3 is 9.32 Å². The van der Waals surface area contributed by atoms with Crippen molar-refractivity contribution in [2.24, 2.45) is 0 Å². The van der Waals surface area contributed by atoms with Crippen LogP contribution >= 0.6 is 0 Å². The van der Waals surface area contributed by atoms with Gasteiger partial charge in [0, 0.05) is 33.6 Å². The smallest absolute Gasteiger partial charge is 0.143 e. The number of furan rings is 1. The van der Waals surface area contributed by atoms with Crippen molar-refractivity contribution in [2.45, 2.75) is 0 Å². The largest absolute Gasteiger partial charge is 0.455 e. The van der Waals surface area contributed by atoms with E-state index < -0.39 is 0 Å². The molecule has 2 heteroatoms. The Balaban J connectivity index is 0.826. The molecule has 0 radical (unpaired) electrons. The molecule has 0 bridgehead atoms. The van der Waals surface area contributed by atoms with Gasteiger partial charge in [-0.05, 0) is 137 Å². The fourth-order valence-corrected chi connectivity index (χ4v) is 10.2. The zero-order valence-electron chi connectivity index (χ0n) is 37.2. The van der Waals surface area contributed by atoms with Gasteiger partial charge in [0.25, 0.3) is 0 Å². The normalized spacial score (nSPS) is 11.5. The van der Waals surface area contributed by atoms with Crippen molar-refractivity contribution in [3.63, 3.8) is 0 Å². The number of rotatable bonds is 8. The van der Waals surface area contributed by atoms with Crippen LogP contribution in [0.1, 0.15) is 0 Å². The van der Waals surface area contributed by atoms with Crippen LogP contribution in [0.2, 0.25) is 0 Å². The van der Waals surface area contributed by atoms with Gasteiger partial charge in [0.1, 0.15) is 11.3 Å². The Kier molecular flexibility index (Phi) is 9.54. The number of para-hydroxylation sites is 1. The fraction of sp³-hybridized carbons (Fsp3) is 0. The Hall–Kier alpha value is -8.98. The molecule has 68 heavy (non-hydrogen) atoms. The molecule has 0 amide bonds. The van der Waals surface area contributed by atoms with E-state index in [9.17, 15) is 0 Å². The summed E-state index contributed by atoms with van der Waals surface area (Å²) in [7, 11) is 0. The molecule has 0 atom stereocenters. The highest BCUT2D eigenvalue weighted by molar-refractivity contribution is 6.10. The van der Waals surface area contributed by atoms with Crippen LogP contribution in [0.15, 0.2) is 265 Å². The molecule has 13 aromatic rings. The van der Waals surface area contributed by atoms with Gasteiger partial charge in [0.05, 0.1) is 0 Å². The van der Waals surface area contributed by atoms with E-state index in [2.05, 4.69) is 254 Å². The molecule has 0 aliphatic heterocycles. The summed E-state index contributed by atoms with van der Waals surface area (Å²) in [6, 6.07) is 94.3. The first-order chi connectivity index (χ1) is 33.7. The molecule has 0 saturated carbocycles. The monoisotopic (exact) mass is 865 g/mol. The lowest BCUT2D eigenvalue weighted by molar-refractivity contribution is 0.632. The highest BCUT2D eigenvalue weighted by atomic mass is 16.3. The summed E-state index contributed by atoms with van der Waals surface area (Å²) in [5.41, 5.74) is 14.5. The molecule has 1 heterocycles. The van der Waals surface area contributed by atoms with Crippen molar-refractivity contribution in [2.75, 3.05) is 4.90 Å². The van der Waals surface area contributed by atoms with Crippen molar-refractivity contribution < 1.29 is 4.42 Å². The number of benzene rings is 12. The zero-order valence-corrected chi connectivity index (χ0v) is 37.2. The maximum atomic E-state index is 6.57. The van der Waals surface area contributed by atoms with Gasteiger partial charge in [0.15, 0.2) is 0 Å². The summed E-state index contributed by atoms with van der Waals surface area (Å²) in [6.45, 7) is 0. The molecular formula is C66H43NO. The highest BCUT2D eigenvalue weighted by Crippen LogP contribution is 2.43. The van der Waals surface area contributed by atoms with E-state index in [0.717, 1.165) is 72.7 Å².